The maximum absolute atomic E-state index is 13.1. The van der Waals surface area contributed by atoms with Crippen molar-refractivity contribution < 1.29 is 22.0 Å². The van der Waals surface area contributed by atoms with Crippen LogP contribution in [0, 0.1) is 18.6 Å². The van der Waals surface area contributed by atoms with Crippen LogP contribution in [0.5, 0.6) is 0 Å². The Labute approximate surface area is 155 Å². The first-order valence-electron chi connectivity index (χ1n) is 7.65. The van der Waals surface area contributed by atoms with Crippen molar-refractivity contribution in [3.05, 3.63) is 53.6 Å². The molecule has 0 aliphatic heterocycles. The molecule has 0 aromatic heterocycles. The van der Waals surface area contributed by atoms with E-state index in [1.54, 1.807) is 19.1 Å². The van der Waals surface area contributed by atoms with Crippen LogP contribution in [0.1, 0.15) is 12.0 Å². The molecule has 0 aliphatic carbocycles. The largest absolute Gasteiger partial charge is 0.326 e. The van der Waals surface area contributed by atoms with Crippen molar-refractivity contribution in [3.63, 3.8) is 0 Å². The first-order valence-corrected chi connectivity index (χ1v) is 10.1. The lowest BCUT2D eigenvalue weighted by Crippen LogP contribution is -2.20. The summed E-state index contributed by atoms with van der Waals surface area (Å²) in [6.45, 7) is 1.66. The average molecular weight is 400 g/mol. The van der Waals surface area contributed by atoms with E-state index in [2.05, 4.69) is 10.0 Å². The van der Waals surface area contributed by atoms with Gasteiger partial charge in [0.15, 0.2) is 11.6 Å². The topological polar surface area (TPSA) is 75.3 Å². The number of carbonyl (C=O) groups excluding carboxylic acids is 1. The Bertz CT molecular complexity index is 918. The van der Waals surface area contributed by atoms with Crippen LogP contribution in [-0.2, 0) is 14.8 Å². The standard InChI is InChI=1S/C17H18F2N2O3S2/c1-11-3-4-12(9-16(11)26(23,24)20-2)21-17(22)7-8-25-13-5-6-14(18)15(19)10-13/h3-6,9-10,20H,7-8H2,1-2H3,(H,21,22). The highest BCUT2D eigenvalue weighted by molar-refractivity contribution is 7.99. The van der Waals surface area contributed by atoms with Crippen molar-refractivity contribution in [2.24, 2.45) is 0 Å². The van der Waals surface area contributed by atoms with Crippen molar-refractivity contribution in [2.45, 2.75) is 23.1 Å². The van der Waals surface area contributed by atoms with E-state index in [1.807, 2.05) is 0 Å². The maximum Gasteiger partial charge on any atom is 0.240 e. The molecule has 2 aromatic carbocycles. The Kier molecular flexibility index (Phi) is 6.74. The SMILES string of the molecule is CNS(=O)(=O)c1cc(NC(=O)CCSc2ccc(F)c(F)c2)ccc1C. The molecular formula is C17H18F2N2O3S2. The zero-order valence-corrected chi connectivity index (χ0v) is 15.8. The van der Waals surface area contributed by atoms with Crippen LogP contribution in [-0.4, -0.2) is 27.1 Å². The van der Waals surface area contributed by atoms with E-state index in [1.165, 1.54) is 30.9 Å². The van der Waals surface area contributed by atoms with E-state index in [-0.39, 0.29) is 17.2 Å². The summed E-state index contributed by atoms with van der Waals surface area (Å²) >= 11 is 1.22. The number of benzene rings is 2. The molecule has 0 saturated carbocycles. The summed E-state index contributed by atoms with van der Waals surface area (Å²) in [4.78, 5) is 12.6. The first-order chi connectivity index (χ1) is 12.2. The number of halogens is 2. The minimum atomic E-state index is -3.62. The van der Waals surface area contributed by atoms with E-state index in [0.29, 0.717) is 21.9 Å². The second-order valence-corrected chi connectivity index (χ2v) is 8.43. The van der Waals surface area contributed by atoms with Gasteiger partial charge in [-0.25, -0.2) is 21.9 Å². The molecule has 0 unspecified atom stereocenters. The lowest BCUT2D eigenvalue weighted by molar-refractivity contribution is -0.115. The summed E-state index contributed by atoms with van der Waals surface area (Å²) in [5.41, 5.74) is 0.929. The molecule has 0 radical (unpaired) electrons. The lowest BCUT2D eigenvalue weighted by Gasteiger charge is -2.10. The highest BCUT2D eigenvalue weighted by atomic mass is 32.2. The fraction of sp³-hybridized carbons (Fsp3) is 0.235. The monoisotopic (exact) mass is 400 g/mol. The summed E-state index contributed by atoms with van der Waals surface area (Å²) in [6, 6.07) is 8.16. The van der Waals surface area contributed by atoms with Crippen LogP contribution >= 0.6 is 11.8 Å². The van der Waals surface area contributed by atoms with Crippen molar-refractivity contribution in [1.82, 2.24) is 4.72 Å². The molecule has 2 aromatic rings. The number of hydrogen-bond donors (Lipinski definition) is 2. The quantitative estimate of drug-likeness (QED) is 0.700. The molecule has 140 valence electrons. The normalized spacial score (nSPS) is 11.4. The van der Waals surface area contributed by atoms with Gasteiger partial charge in [-0.2, -0.15) is 0 Å². The van der Waals surface area contributed by atoms with Gasteiger partial charge in [-0.05, 0) is 49.9 Å². The Morgan fingerprint density at radius 2 is 1.85 bits per heavy atom. The smallest absolute Gasteiger partial charge is 0.240 e. The number of sulfonamides is 1. The van der Waals surface area contributed by atoms with E-state index in [9.17, 15) is 22.0 Å². The number of carbonyl (C=O) groups is 1. The Morgan fingerprint density at radius 1 is 1.12 bits per heavy atom. The van der Waals surface area contributed by atoms with Gasteiger partial charge in [0.2, 0.25) is 15.9 Å². The van der Waals surface area contributed by atoms with Crippen LogP contribution < -0.4 is 10.0 Å². The van der Waals surface area contributed by atoms with Gasteiger partial charge in [0.05, 0.1) is 4.90 Å². The highest BCUT2D eigenvalue weighted by Gasteiger charge is 2.15. The van der Waals surface area contributed by atoms with Gasteiger partial charge in [-0.1, -0.05) is 6.07 Å². The van der Waals surface area contributed by atoms with Gasteiger partial charge in [-0.15, -0.1) is 11.8 Å². The van der Waals surface area contributed by atoms with Crippen LogP contribution in [0.15, 0.2) is 46.2 Å². The van der Waals surface area contributed by atoms with Gasteiger partial charge in [0, 0.05) is 22.8 Å². The number of aryl methyl sites for hydroxylation is 1. The van der Waals surface area contributed by atoms with Crippen LogP contribution in [0.2, 0.25) is 0 Å². The molecule has 0 heterocycles. The molecule has 0 saturated heterocycles. The summed E-state index contributed by atoms with van der Waals surface area (Å²) in [5.74, 6) is -1.79. The first kappa shape index (κ1) is 20.3. The van der Waals surface area contributed by atoms with Gasteiger partial charge < -0.3 is 5.32 Å². The molecule has 2 rings (SSSR count). The molecule has 0 spiro atoms. The van der Waals surface area contributed by atoms with Crippen LogP contribution in [0.4, 0.5) is 14.5 Å². The van der Waals surface area contributed by atoms with Crippen molar-refractivity contribution in [1.29, 1.82) is 0 Å². The number of hydrogen-bond acceptors (Lipinski definition) is 4. The molecule has 26 heavy (non-hydrogen) atoms. The van der Waals surface area contributed by atoms with E-state index in [4.69, 9.17) is 0 Å². The Balaban J connectivity index is 1.95. The minimum absolute atomic E-state index is 0.0916. The number of nitrogens with one attached hydrogen (secondary N) is 2. The molecule has 5 nitrogen and oxygen atoms in total. The van der Waals surface area contributed by atoms with Gasteiger partial charge in [0.25, 0.3) is 0 Å². The van der Waals surface area contributed by atoms with Crippen LogP contribution in [0.3, 0.4) is 0 Å². The fourth-order valence-electron chi connectivity index (χ4n) is 2.13. The third-order valence-electron chi connectivity index (χ3n) is 3.52. The third kappa shape index (κ3) is 5.26. The summed E-state index contributed by atoms with van der Waals surface area (Å²) < 4.78 is 52.1. The van der Waals surface area contributed by atoms with E-state index in [0.717, 1.165) is 12.1 Å². The minimum Gasteiger partial charge on any atom is -0.326 e. The molecule has 0 atom stereocenters. The summed E-state index contributed by atoms with van der Waals surface area (Å²) in [5, 5.41) is 2.63. The van der Waals surface area contributed by atoms with Crippen molar-refractivity contribution in [2.75, 3.05) is 18.1 Å². The summed E-state index contributed by atoms with van der Waals surface area (Å²) in [7, 11) is -2.30. The van der Waals surface area contributed by atoms with Gasteiger partial charge >= 0.3 is 0 Å². The Morgan fingerprint density at radius 3 is 2.50 bits per heavy atom. The third-order valence-corrected chi connectivity index (χ3v) is 6.07. The van der Waals surface area contributed by atoms with Gasteiger partial charge in [0.1, 0.15) is 0 Å². The molecule has 0 bridgehead atoms. The maximum atomic E-state index is 13.1. The predicted octanol–water partition coefficient (Wildman–Crippen LogP) is 3.30. The van der Waals surface area contributed by atoms with Crippen molar-refractivity contribution in [3.8, 4) is 0 Å². The molecule has 0 fully saturated rings. The molecule has 9 heteroatoms. The number of rotatable bonds is 7. The zero-order valence-electron chi connectivity index (χ0n) is 14.2. The number of amides is 1. The highest BCUT2D eigenvalue weighted by Crippen LogP contribution is 2.22. The molecular weight excluding hydrogens is 382 g/mol. The molecule has 1 amide bonds. The van der Waals surface area contributed by atoms with E-state index < -0.39 is 21.7 Å². The number of anilines is 1. The summed E-state index contributed by atoms with van der Waals surface area (Å²) in [6.07, 6.45) is 0.131. The number of thioether (sulfide) groups is 1. The lowest BCUT2D eigenvalue weighted by atomic mass is 10.2. The zero-order chi connectivity index (χ0) is 19.3. The van der Waals surface area contributed by atoms with Crippen LogP contribution in [0.25, 0.3) is 0 Å². The van der Waals surface area contributed by atoms with Crippen molar-refractivity contribution >= 4 is 33.4 Å². The van der Waals surface area contributed by atoms with Gasteiger partial charge in [-0.3, -0.25) is 4.79 Å². The Hall–Kier alpha value is -1.97. The molecule has 0 aliphatic rings. The fourth-order valence-corrected chi connectivity index (χ4v) is 4.00. The second-order valence-electron chi connectivity index (χ2n) is 5.41. The second kappa shape index (κ2) is 8.61. The van der Waals surface area contributed by atoms with E-state index >= 15 is 0 Å². The average Bonchev–Trinajstić information content (AvgIpc) is 2.59. The molecule has 2 N–H and O–H groups in total. The predicted molar refractivity (Wildman–Crippen MR) is 97.8 cm³/mol.